The predicted octanol–water partition coefficient (Wildman–Crippen LogP) is 2.34. The maximum Gasteiger partial charge on any atom is 0.240 e. The van der Waals surface area contributed by atoms with Crippen LogP contribution in [0.3, 0.4) is 0 Å². The van der Waals surface area contributed by atoms with Crippen molar-refractivity contribution in [1.82, 2.24) is 4.72 Å². The Morgan fingerprint density at radius 2 is 2.10 bits per heavy atom. The number of nitrogens with one attached hydrogen (secondary N) is 1. The maximum atomic E-state index is 12.4. The average Bonchev–Trinajstić information content (AvgIpc) is 3.22. The van der Waals surface area contributed by atoms with Gasteiger partial charge in [-0.1, -0.05) is 25.8 Å². The molecule has 5 heteroatoms. The monoisotopic (exact) mass is 297 g/mol. The minimum atomic E-state index is -3.50. The van der Waals surface area contributed by atoms with Crippen molar-refractivity contribution in [3.05, 3.63) is 29.3 Å². The summed E-state index contributed by atoms with van der Waals surface area (Å²) in [5.41, 5.74) is 1.56. The Bertz CT molecular complexity index is 564. The maximum absolute atomic E-state index is 12.4. The van der Waals surface area contributed by atoms with Gasteiger partial charge in [-0.2, -0.15) is 0 Å². The van der Waals surface area contributed by atoms with Gasteiger partial charge in [0.05, 0.1) is 11.5 Å². The Hall–Kier alpha value is -0.910. The second-order valence-corrected chi connectivity index (χ2v) is 7.37. The number of hydrogen-bond donors (Lipinski definition) is 2. The lowest BCUT2D eigenvalue weighted by molar-refractivity contribution is 0.280. The van der Waals surface area contributed by atoms with E-state index in [-0.39, 0.29) is 17.5 Å². The molecule has 0 saturated heterocycles. The highest BCUT2D eigenvalue weighted by Gasteiger charge is 2.27. The standard InChI is InChI=1S/C15H23NO3S/c1-3-14(8-12-5-6-12)16-20(18,19)15-7-4-11(2)13(9-15)10-17/h4,7,9,12,14,16-17H,3,5-6,8,10H2,1-2H3. The van der Waals surface area contributed by atoms with Crippen molar-refractivity contribution < 1.29 is 13.5 Å². The molecular weight excluding hydrogens is 274 g/mol. The van der Waals surface area contributed by atoms with Crippen molar-refractivity contribution in [3.63, 3.8) is 0 Å². The molecule has 1 unspecified atom stereocenters. The summed E-state index contributed by atoms with van der Waals surface area (Å²) >= 11 is 0. The van der Waals surface area contributed by atoms with Gasteiger partial charge >= 0.3 is 0 Å². The van der Waals surface area contributed by atoms with Gasteiger partial charge in [0.25, 0.3) is 0 Å². The summed E-state index contributed by atoms with van der Waals surface area (Å²) < 4.78 is 27.6. The number of aliphatic hydroxyl groups is 1. The van der Waals surface area contributed by atoms with Gasteiger partial charge in [-0.15, -0.1) is 0 Å². The second kappa shape index (κ2) is 6.24. The van der Waals surface area contributed by atoms with Crippen molar-refractivity contribution in [2.75, 3.05) is 0 Å². The van der Waals surface area contributed by atoms with Crippen LogP contribution in [0.5, 0.6) is 0 Å². The van der Waals surface area contributed by atoms with Crippen LogP contribution in [0.15, 0.2) is 23.1 Å². The molecule has 1 aliphatic rings. The predicted molar refractivity (Wildman–Crippen MR) is 78.8 cm³/mol. The van der Waals surface area contributed by atoms with Gasteiger partial charge in [0.15, 0.2) is 0 Å². The van der Waals surface area contributed by atoms with Gasteiger partial charge in [-0.25, -0.2) is 13.1 Å². The van der Waals surface area contributed by atoms with Gasteiger partial charge in [0, 0.05) is 6.04 Å². The van der Waals surface area contributed by atoms with Crippen molar-refractivity contribution in [2.24, 2.45) is 5.92 Å². The van der Waals surface area contributed by atoms with E-state index < -0.39 is 10.0 Å². The largest absolute Gasteiger partial charge is 0.392 e. The van der Waals surface area contributed by atoms with Crippen LogP contribution in [0, 0.1) is 12.8 Å². The summed E-state index contributed by atoms with van der Waals surface area (Å²) in [5.74, 6) is 0.689. The van der Waals surface area contributed by atoms with Crippen molar-refractivity contribution >= 4 is 10.0 Å². The zero-order chi connectivity index (χ0) is 14.8. The quantitative estimate of drug-likeness (QED) is 0.812. The first-order valence-corrected chi connectivity index (χ1v) is 8.67. The smallest absolute Gasteiger partial charge is 0.240 e. The molecular formula is C15H23NO3S. The highest BCUT2D eigenvalue weighted by Crippen LogP contribution is 2.34. The molecule has 1 aromatic rings. The molecule has 0 bridgehead atoms. The lowest BCUT2D eigenvalue weighted by atomic mass is 10.1. The van der Waals surface area contributed by atoms with E-state index in [0.717, 1.165) is 18.4 Å². The van der Waals surface area contributed by atoms with Crippen LogP contribution in [0.1, 0.15) is 43.7 Å². The van der Waals surface area contributed by atoms with Gasteiger partial charge < -0.3 is 5.11 Å². The zero-order valence-corrected chi connectivity index (χ0v) is 12.9. The SMILES string of the molecule is CCC(CC1CC1)NS(=O)(=O)c1ccc(C)c(CO)c1. The molecule has 1 aliphatic carbocycles. The van der Waals surface area contributed by atoms with Crippen molar-refractivity contribution in [1.29, 1.82) is 0 Å². The van der Waals surface area contributed by atoms with Gasteiger partial charge in [0.1, 0.15) is 0 Å². The van der Waals surface area contributed by atoms with Crippen LogP contribution < -0.4 is 4.72 Å². The van der Waals surface area contributed by atoms with Gasteiger partial charge in [-0.05, 0) is 48.9 Å². The highest BCUT2D eigenvalue weighted by molar-refractivity contribution is 7.89. The van der Waals surface area contributed by atoms with E-state index in [1.165, 1.54) is 12.8 Å². The molecule has 1 atom stereocenters. The lowest BCUT2D eigenvalue weighted by Crippen LogP contribution is -2.34. The molecule has 1 saturated carbocycles. The first-order valence-electron chi connectivity index (χ1n) is 7.19. The Labute approximate surface area is 121 Å². The molecule has 0 spiro atoms. The summed E-state index contributed by atoms with van der Waals surface area (Å²) in [4.78, 5) is 0.237. The van der Waals surface area contributed by atoms with Gasteiger partial charge in [-0.3, -0.25) is 0 Å². The number of hydrogen-bond acceptors (Lipinski definition) is 3. The van der Waals surface area contributed by atoms with Crippen LogP contribution >= 0.6 is 0 Å². The van der Waals surface area contributed by atoms with E-state index >= 15 is 0 Å². The molecule has 20 heavy (non-hydrogen) atoms. The summed E-state index contributed by atoms with van der Waals surface area (Å²) in [6, 6.07) is 4.90. The molecule has 0 aromatic heterocycles. The van der Waals surface area contributed by atoms with Crippen LogP contribution in [-0.4, -0.2) is 19.6 Å². The van der Waals surface area contributed by atoms with E-state index in [0.29, 0.717) is 11.5 Å². The van der Waals surface area contributed by atoms with Crippen molar-refractivity contribution in [2.45, 2.75) is 57.1 Å². The number of aliphatic hydroxyl groups excluding tert-OH is 1. The minimum Gasteiger partial charge on any atom is -0.392 e. The Morgan fingerprint density at radius 1 is 1.40 bits per heavy atom. The molecule has 0 heterocycles. The molecule has 0 aliphatic heterocycles. The average molecular weight is 297 g/mol. The molecule has 1 aromatic carbocycles. The number of sulfonamides is 1. The summed E-state index contributed by atoms with van der Waals surface area (Å²) in [7, 11) is -3.50. The third kappa shape index (κ3) is 3.81. The van der Waals surface area contributed by atoms with E-state index in [1.54, 1.807) is 18.2 Å². The van der Waals surface area contributed by atoms with Crippen LogP contribution in [0.2, 0.25) is 0 Å². The summed E-state index contributed by atoms with van der Waals surface area (Å²) in [6.45, 7) is 3.72. The fraction of sp³-hybridized carbons (Fsp3) is 0.600. The van der Waals surface area contributed by atoms with Crippen molar-refractivity contribution in [3.8, 4) is 0 Å². The fourth-order valence-corrected chi connectivity index (χ4v) is 3.71. The lowest BCUT2D eigenvalue weighted by Gasteiger charge is -2.17. The third-order valence-corrected chi connectivity index (χ3v) is 5.45. The van der Waals surface area contributed by atoms with Gasteiger partial charge in [0.2, 0.25) is 10.0 Å². The Morgan fingerprint density at radius 3 is 2.65 bits per heavy atom. The molecule has 0 radical (unpaired) electrons. The first kappa shape index (κ1) is 15.5. The highest BCUT2D eigenvalue weighted by atomic mass is 32.2. The number of rotatable bonds is 7. The van der Waals surface area contributed by atoms with E-state index in [9.17, 15) is 13.5 Å². The molecule has 4 nitrogen and oxygen atoms in total. The van der Waals surface area contributed by atoms with Crippen LogP contribution in [-0.2, 0) is 16.6 Å². The first-order chi connectivity index (χ1) is 9.46. The van der Waals surface area contributed by atoms with E-state index in [4.69, 9.17) is 0 Å². The molecule has 0 amide bonds. The Balaban J connectivity index is 2.15. The number of benzene rings is 1. The summed E-state index contributed by atoms with van der Waals surface area (Å²) in [5, 5.41) is 9.25. The minimum absolute atomic E-state index is 0.00591. The van der Waals surface area contributed by atoms with E-state index in [2.05, 4.69) is 4.72 Å². The second-order valence-electron chi connectivity index (χ2n) is 5.65. The fourth-order valence-electron chi connectivity index (χ4n) is 2.33. The topological polar surface area (TPSA) is 66.4 Å². The van der Waals surface area contributed by atoms with Crippen LogP contribution in [0.4, 0.5) is 0 Å². The molecule has 2 N–H and O–H groups in total. The summed E-state index contributed by atoms with van der Waals surface area (Å²) in [6.07, 6.45) is 4.16. The zero-order valence-electron chi connectivity index (χ0n) is 12.1. The molecule has 112 valence electrons. The third-order valence-electron chi connectivity index (χ3n) is 3.93. The Kier molecular flexibility index (Phi) is 4.83. The van der Waals surface area contributed by atoms with Crippen LogP contribution in [0.25, 0.3) is 0 Å². The van der Waals surface area contributed by atoms with E-state index in [1.807, 2.05) is 13.8 Å². The molecule has 2 rings (SSSR count). The normalized spacial score (nSPS) is 17.1. The molecule has 1 fully saturated rings. The number of aryl methyl sites for hydroxylation is 1.